The lowest BCUT2D eigenvalue weighted by Gasteiger charge is -2.43. The number of nitrogens with zero attached hydrogens (tertiary/aromatic N) is 1. The summed E-state index contributed by atoms with van der Waals surface area (Å²) in [5.74, 6) is -2.50. The molecule has 0 radical (unpaired) electrons. The second kappa shape index (κ2) is 8.06. The Morgan fingerprint density at radius 2 is 1.77 bits per heavy atom. The van der Waals surface area contributed by atoms with Crippen molar-refractivity contribution in [3.8, 4) is 0 Å². The highest BCUT2D eigenvalue weighted by Crippen LogP contribution is 2.68. The molecule has 1 saturated heterocycles. The molecule has 8 unspecified atom stereocenters. The van der Waals surface area contributed by atoms with Crippen LogP contribution in [0.25, 0.3) is 0 Å². The Labute approximate surface area is 211 Å². The first-order valence-corrected chi connectivity index (χ1v) is 13.9. The summed E-state index contributed by atoms with van der Waals surface area (Å²) < 4.78 is 0. The Bertz CT molecular complexity index is 1280. The number of fused-ring (bicyclic) bond motifs is 9. The molecule has 6 rings (SSSR count). The minimum atomic E-state index is -1.11. The molecule has 184 valence electrons. The molecule has 9 heteroatoms. The van der Waals surface area contributed by atoms with Crippen LogP contribution in [0.3, 0.4) is 0 Å². The zero-order valence-corrected chi connectivity index (χ0v) is 21.4. The number of aryl methyl sites for hydroxylation is 1. The molecule has 35 heavy (non-hydrogen) atoms. The third kappa shape index (κ3) is 3.30. The largest absolute Gasteiger partial charge is 0.480 e. The fourth-order valence-corrected chi connectivity index (χ4v) is 10.1. The lowest BCUT2D eigenvalue weighted by molar-refractivity contribution is -0.156. The van der Waals surface area contributed by atoms with Crippen LogP contribution < -0.4 is 4.87 Å². The summed E-state index contributed by atoms with van der Waals surface area (Å²) in [6.45, 7) is 5.85. The standard InChI is InChI=1S/C26H28N2O5S2/c1-10(2)8-15(25(31)32)28-23(29)18-13-9-14(19(18)24(28)30)20-17(13)16(12-6-4-11(3)5-7-12)21-22(34-20)27-26(33)35-21/h4-7,10,13-20H,8-9H2,1-3H3,(H,27,33)(H,31,32). The number of aliphatic carboxylic acids is 1. The van der Waals surface area contributed by atoms with Crippen molar-refractivity contribution in [2.45, 2.75) is 55.8 Å². The molecule has 2 bridgehead atoms. The van der Waals surface area contributed by atoms with Crippen LogP contribution in [0.5, 0.6) is 0 Å². The van der Waals surface area contributed by atoms with Crippen LogP contribution in [0.15, 0.2) is 34.1 Å². The number of carboxylic acid groups (broad SMARTS) is 1. The Balaban J connectivity index is 1.42. The van der Waals surface area contributed by atoms with Crippen LogP contribution in [0, 0.1) is 42.4 Å². The summed E-state index contributed by atoms with van der Waals surface area (Å²) in [5.41, 5.74) is 2.28. The summed E-state index contributed by atoms with van der Waals surface area (Å²) in [6, 6.07) is 7.27. The van der Waals surface area contributed by atoms with E-state index >= 15 is 0 Å². The predicted molar refractivity (Wildman–Crippen MR) is 132 cm³/mol. The third-order valence-electron chi connectivity index (χ3n) is 8.49. The maximum Gasteiger partial charge on any atom is 0.326 e. The first kappa shape index (κ1) is 23.0. The van der Waals surface area contributed by atoms with Crippen molar-refractivity contribution in [2.75, 3.05) is 0 Å². The van der Waals surface area contributed by atoms with Crippen LogP contribution in [-0.4, -0.2) is 44.1 Å². The van der Waals surface area contributed by atoms with Crippen LogP contribution >= 0.6 is 23.1 Å². The van der Waals surface area contributed by atoms with Crippen molar-refractivity contribution in [1.29, 1.82) is 0 Å². The number of hydrogen-bond acceptors (Lipinski definition) is 6. The summed E-state index contributed by atoms with van der Waals surface area (Å²) in [5, 5.41) is 10.9. The van der Waals surface area contributed by atoms with Crippen molar-refractivity contribution in [2.24, 2.45) is 35.5 Å². The fraction of sp³-hybridized carbons (Fsp3) is 0.538. The minimum Gasteiger partial charge on any atom is -0.480 e. The second-order valence-corrected chi connectivity index (χ2v) is 13.1. The SMILES string of the molecule is Cc1ccc(C2c3sc(=O)[nH]c3SC3C4CC(C5C(=O)N(C(CC(C)C)C(=O)O)C(=O)C45)C23)cc1. The molecule has 7 nitrogen and oxygen atoms in total. The van der Waals surface area contributed by atoms with Crippen LogP contribution in [0.2, 0.25) is 0 Å². The molecular formula is C26H28N2O5S2. The number of imide groups is 1. The van der Waals surface area contributed by atoms with Gasteiger partial charge < -0.3 is 10.1 Å². The van der Waals surface area contributed by atoms with Gasteiger partial charge in [-0.3, -0.25) is 19.3 Å². The Hall–Kier alpha value is -2.39. The average molecular weight is 513 g/mol. The molecule has 1 aromatic carbocycles. The van der Waals surface area contributed by atoms with E-state index in [4.69, 9.17) is 0 Å². The van der Waals surface area contributed by atoms with Crippen LogP contribution in [0.1, 0.15) is 48.6 Å². The summed E-state index contributed by atoms with van der Waals surface area (Å²) in [4.78, 5) is 56.8. The van der Waals surface area contributed by atoms with Gasteiger partial charge in [0, 0.05) is 16.0 Å². The summed E-state index contributed by atoms with van der Waals surface area (Å²) in [6.07, 6.45) is 1.06. The van der Waals surface area contributed by atoms with Gasteiger partial charge in [-0.2, -0.15) is 0 Å². The number of carbonyl (C=O) groups is 3. The van der Waals surface area contributed by atoms with Gasteiger partial charge in [-0.1, -0.05) is 55.0 Å². The first-order chi connectivity index (χ1) is 16.7. The van der Waals surface area contributed by atoms with Gasteiger partial charge in [-0.25, -0.2) is 4.79 Å². The van der Waals surface area contributed by atoms with E-state index in [2.05, 4.69) is 29.2 Å². The van der Waals surface area contributed by atoms with Crippen molar-refractivity contribution in [3.05, 3.63) is 49.9 Å². The van der Waals surface area contributed by atoms with Crippen molar-refractivity contribution < 1.29 is 19.5 Å². The molecule has 2 aliphatic carbocycles. The molecule has 0 spiro atoms. The van der Waals surface area contributed by atoms with Gasteiger partial charge in [-0.15, -0.1) is 11.8 Å². The van der Waals surface area contributed by atoms with Gasteiger partial charge in [0.25, 0.3) is 0 Å². The van der Waals surface area contributed by atoms with Gasteiger partial charge in [0.2, 0.25) is 11.8 Å². The molecule has 8 atom stereocenters. The highest BCUT2D eigenvalue weighted by atomic mass is 32.2. The molecule has 2 amide bonds. The molecule has 2 aromatic rings. The maximum atomic E-state index is 13.7. The van der Waals surface area contributed by atoms with E-state index in [0.29, 0.717) is 0 Å². The molecule has 1 aromatic heterocycles. The van der Waals surface area contributed by atoms with Crippen molar-refractivity contribution in [1.82, 2.24) is 9.88 Å². The number of benzene rings is 1. The lowest BCUT2D eigenvalue weighted by Crippen LogP contribution is -2.47. The molecule has 3 heterocycles. The molecule has 2 N–H and O–H groups in total. The number of H-pyrrole nitrogens is 1. The van der Waals surface area contributed by atoms with E-state index in [0.717, 1.165) is 32.4 Å². The lowest BCUT2D eigenvalue weighted by atomic mass is 9.68. The molecule has 2 aliphatic heterocycles. The normalized spacial score (nSPS) is 33.7. The summed E-state index contributed by atoms with van der Waals surface area (Å²) >= 11 is 2.89. The Kier molecular flexibility index (Phi) is 5.31. The Morgan fingerprint density at radius 3 is 2.40 bits per heavy atom. The van der Waals surface area contributed by atoms with E-state index < -0.39 is 23.8 Å². The third-order valence-corrected chi connectivity index (χ3v) is 11.1. The zero-order chi connectivity index (χ0) is 24.8. The second-order valence-electron chi connectivity index (χ2n) is 10.9. The number of likely N-dealkylation sites (tertiary alicyclic amines) is 1. The number of nitrogens with one attached hydrogen (secondary N) is 1. The number of carboxylic acids is 1. The molecule has 2 saturated carbocycles. The monoisotopic (exact) mass is 512 g/mol. The summed E-state index contributed by atoms with van der Waals surface area (Å²) in [7, 11) is 0. The van der Waals surface area contributed by atoms with Crippen LogP contribution in [0.4, 0.5) is 0 Å². The van der Waals surface area contributed by atoms with Gasteiger partial charge in [0.1, 0.15) is 6.04 Å². The number of thiazole rings is 1. The van der Waals surface area contributed by atoms with Gasteiger partial charge >= 0.3 is 10.8 Å². The number of aromatic nitrogens is 1. The predicted octanol–water partition coefficient (Wildman–Crippen LogP) is 3.72. The highest BCUT2D eigenvalue weighted by Gasteiger charge is 2.70. The number of aromatic amines is 1. The van der Waals surface area contributed by atoms with E-state index in [-0.39, 0.29) is 57.9 Å². The molecule has 4 aliphatic rings. The van der Waals surface area contributed by atoms with E-state index in [9.17, 15) is 24.3 Å². The van der Waals surface area contributed by atoms with Crippen molar-refractivity contribution in [3.63, 3.8) is 0 Å². The maximum absolute atomic E-state index is 13.7. The average Bonchev–Trinajstić information content (AvgIpc) is 3.52. The van der Waals surface area contributed by atoms with Crippen molar-refractivity contribution >= 4 is 40.9 Å². The Morgan fingerprint density at radius 1 is 1.11 bits per heavy atom. The van der Waals surface area contributed by atoms with E-state index in [1.165, 1.54) is 11.3 Å². The van der Waals surface area contributed by atoms with Gasteiger partial charge in [0.15, 0.2) is 0 Å². The minimum absolute atomic E-state index is 0.000514. The highest BCUT2D eigenvalue weighted by molar-refractivity contribution is 8.00. The van der Waals surface area contributed by atoms with Crippen LogP contribution in [-0.2, 0) is 14.4 Å². The number of hydrogen-bond donors (Lipinski definition) is 2. The molecular weight excluding hydrogens is 484 g/mol. The number of rotatable bonds is 5. The quantitative estimate of drug-likeness (QED) is 0.592. The fourth-order valence-electron chi connectivity index (χ4n) is 7.26. The van der Waals surface area contributed by atoms with Gasteiger partial charge in [0.05, 0.1) is 16.9 Å². The smallest absolute Gasteiger partial charge is 0.326 e. The zero-order valence-electron chi connectivity index (χ0n) is 19.8. The number of thioether (sulfide) groups is 1. The van der Waals surface area contributed by atoms with E-state index in [1.807, 2.05) is 20.8 Å². The number of carbonyl (C=O) groups excluding carboxylic acids is 2. The van der Waals surface area contributed by atoms with E-state index in [1.54, 1.807) is 11.8 Å². The topological polar surface area (TPSA) is 108 Å². The molecule has 3 fully saturated rings. The number of amides is 2. The van der Waals surface area contributed by atoms with Gasteiger partial charge in [-0.05, 0) is 49.0 Å². The first-order valence-electron chi connectivity index (χ1n) is 12.2.